The van der Waals surface area contributed by atoms with Crippen LogP contribution in [0.4, 0.5) is 0 Å². The molecule has 15 heavy (non-hydrogen) atoms. The summed E-state index contributed by atoms with van der Waals surface area (Å²) in [5, 5.41) is 3.16. The van der Waals surface area contributed by atoms with E-state index in [2.05, 4.69) is 33.0 Å². The summed E-state index contributed by atoms with van der Waals surface area (Å²) in [5.41, 5.74) is 0.425. The summed E-state index contributed by atoms with van der Waals surface area (Å²) in [6.07, 6.45) is 5.30. The molecule has 0 heterocycles. The van der Waals surface area contributed by atoms with Gasteiger partial charge >= 0.3 is 0 Å². The van der Waals surface area contributed by atoms with Crippen molar-refractivity contribution in [3.05, 3.63) is 0 Å². The van der Waals surface area contributed by atoms with E-state index in [4.69, 9.17) is 0 Å². The lowest BCUT2D eigenvalue weighted by atomic mass is 9.92. The highest BCUT2D eigenvalue weighted by molar-refractivity contribution is 5.76. The van der Waals surface area contributed by atoms with Gasteiger partial charge in [-0.2, -0.15) is 0 Å². The molecule has 0 spiro atoms. The second-order valence-electron chi connectivity index (χ2n) is 5.89. The van der Waals surface area contributed by atoms with Crippen molar-refractivity contribution in [1.82, 2.24) is 5.32 Å². The molecule has 1 fully saturated rings. The zero-order chi connectivity index (χ0) is 11.5. The summed E-state index contributed by atoms with van der Waals surface area (Å²) < 4.78 is 0. The Balaban J connectivity index is 2.28. The number of rotatable bonds is 4. The third-order valence-corrected chi connectivity index (χ3v) is 3.56. The Kier molecular flexibility index (Phi) is 4.18. The maximum atomic E-state index is 11.7. The van der Waals surface area contributed by atoms with Gasteiger partial charge in [0, 0.05) is 12.5 Å². The number of nitrogens with one attached hydrogen (secondary N) is 1. The lowest BCUT2D eigenvalue weighted by Crippen LogP contribution is -2.34. The van der Waals surface area contributed by atoms with Crippen molar-refractivity contribution < 1.29 is 4.79 Å². The van der Waals surface area contributed by atoms with Crippen LogP contribution in [0.1, 0.15) is 59.8 Å². The highest BCUT2D eigenvalue weighted by Crippen LogP contribution is 2.36. The van der Waals surface area contributed by atoms with E-state index in [1.807, 2.05) is 0 Å². The van der Waals surface area contributed by atoms with Gasteiger partial charge in [-0.15, -0.1) is 0 Å². The topological polar surface area (TPSA) is 29.1 Å². The minimum Gasteiger partial charge on any atom is -0.353 e. The van der Waals surface area contributed by atoms with Gasteiger partial charge in [0.2, 0.25) is 5.91 Å². The third-order valence-electron chi connectivity index (χ3n) is 3.56. The fourth-order valence-electron chi connectivity index (χ4n) is 2.31. The maximum absolute atomic E-state index is 11.7. The first-order chi connectivity index (χ1) is 6.93. The Morgan fingerprint density at radius 1 is 1.53 bits per heavy atom. The van der Waals surface area contributed by atoms with E-state index in [0.717, 1.165) is 19.3 Å². The molecule has 0 aliphatic heterocycles. The number of hydrogen-bond acceptors (Lipinski definition) is 1. The van der Waals surface area contributed by atoms with Crippen molar-refractivity contribution >= 4 is 5.91 Å². The van der Waals surface area contributed by atoms with Gasteiger partial charge in [-0.25, -0.2) is 0 Å². The molecule has 0 radical (unpaired) electrons. The Morgan fingerprint density at radius 3 is 2.67 bits per heavy atom. The quantitative estimate of drug-likeness (QED) is 0.760. The molecule has 0 aromatic rings. The molecule has 1 rings (SSSR count). The summed E-state index contributed by atoms with van der Waals surface area (Å²) in [6.45, 7) is 8.84. The Labute approximate surface area is 93.8 Å². The Hall–Kier alpha value is -0.530. The molecule has 1 saturated carbocycles. The van der Waals surface area contributed by atoms with E-state index in [0.29, 0.717) is 23.8 Å². The van der Waals surface area contributed by atoms with Gasteiger partial charge in [-0.3, -0.25) is 4.79 Å². The molecule has 0 aromatic heterocycles. The lowest BCUT2D eigenvalue weighted by molar-refractivity contribution is -0.122. The second kappa shape index (κ2) is 5.00. The smallest absolute Gasteiger partial charge is 0.220 e. The van der Waals surface area contributed by atoms with Crippen molar-refractivity contribution in [2.75, 3.05) is 0 Å². The molecule has 1 N–H and O–H groups in total. The van der Waals surface area contributed by atoms with E-state index in [1.54, 1.807) is 0 Å². The van der Waals surface area contributed by atoms with Gasteiger partial charge in [0.15, 0.2) is 0 Å². The van der Waals surface area contributed by atoms with Crippen LogP contribution in [0, 0.1) is 11.3 Å². The van der Waals surface area contributed by atoms with E-state index in [9.17, 15) is 4.79 Å². The predicted octanol–water partition coefficient (Wildman–Crippen LogP) is 3.12. The summed E-state index contributed by atoms with van der Waals surface area (Å²) in [5.74, 6) is 0.756. The monoisotopic (exact) mass is 211 g/mol. The Bertz CT molecular complexity index is 223. The number of hydrogen-bond donors (Lipinski definition) is 1. The lowest BCUT2D eigenvalue weighted by Gasteiger charge is -2.18. The molecular formula is C13H25NO. The minimum absolute atomic E-state index is 0.243. The van der Waals surface area contributed by atoms with Crippen LogP contribution in [0.2, 0.25) is 0 Å². The highest BCUT2D eigenvalue weighted by Gasteiger charge is 2.31. The van der Waals surface area contributed by atoms with Crippen LogP contribution in [0.5, 0.6) is 0 Å². The first-order valence-corrected chi connectivity index (χ1v) is 6.22. The van der Waals surface area contributed by atoms with Gasteiger partial charge in [0.1, 0.15) is 0 Å². The molecule has 1 aliphatic rings. The zero-order valence-corrected chi connectivity index (χ0v) is 10.6. The molecule has 2 nitrogen and oxygen atoms in total. The standard InChI is InChI=1S/C13H25NO/c1-5-10(2)8-12(15)14-11-6-7-13(3,4)9-11/h10-11H,5-9H2,1-4H3,(H,14,15). The van der Waals surface area contributed by atoms with Crippen molar-refractivity contribution in [2.45, 2.75) is 65.8 Å². The molecule has 0 saturated heterocycles. The number of carbonyl (C=O) groups excluding carboxylic acids is 1. The highest BCUT2D eigenvalue weighted by atomic mass is 16.1. The van der Waals surface area contributed by atoms with Gasteiger partial charge < -0.3 is 5.32 Å². The van der Waals surface area contributed by atoms with E-state index in [1.165, 1.54) is 6.42 Å². The fraction of sp³-hybridized carbons (Fsp3) is 0.923. The molecule has 2 unspecified atom stereocenters. The average molecular weight is 211 g/mol. The van der Waals surface area contributed by atoms with Crippen molar-refractivity contribution in [3.8, 4) is 0 Å². The van der Waals surface area contributed by atoms with Crippen LogP contribution < -0.4 is 5.32 Å². The number of carbonyl (C=O) groups is 1. The van der Waals surface area contributed by atoms with Crippen LogP contribution in [0.3, 0.4) is 0 Å². The average Bonchev–Trinajstić information content (AvgIpc) is 2.44. The normalized spacial score (nSPS) is 26.3. The SMILES string of the molecule is CCC(C)CC(=O)NC1CCC(C)(C)C1. The Morgan fingerprint density at radius 2 is 2.20 bits per heavy atom. The zero-order valence-electron chi connectivity index (χ0n) is 10.6. The second-order valence-corrected chi connectivity index (χ2v) is 5.89. The van der Waals surface area contributed by atoms with E-state index < -0.39 is 0 Å². The number of amides is 1. The molecule has 2 heteroatoms. The van der Waals surface area contributed by atoms with Crippen molar-refractivity contribution in [1.29, 1.82) is 0 Å². The van der Waals surface area contributed by atoms with Gasteiger partial charge in [0.25, 0.3) is 0 Å². The summed E-state index contributed by atoms with van der Waals surface area (Å²) >= 11 is 0. The first-order valence-electron chi connectivity index (χ1n) is 6.22. The van der Waals surface area contributed by atoms with Crippen LogP contribution in [0.15, 0.2) is 0 Å². The van der Waals surface area contributed by atoms with Gasteiger partial charge in [-0.05, 0) is 30.6 Å². The van der Waals surface area contributed by atoms with Crippen LogP contribution in [0.25, 0.3) is 0 Å². The minimum atomic E-state index is 0.243. The van der Waals surface area contributed by atoms with Crippen molar-refractivity contribution in [3.63, 3.8) is 0 Å². The van der Waals surface area contributed by atoms with Gasteiger partial charge in [0.05, 0.1) is 0 Å². The largest absolute Gasteiger partial charge is 0.353 e. The van der Waals surface area contributed by atoms with E-state index >= 15 is 0 Å². The van der Waals surface area contributed by atoms with Gasteiger partial charge in [-0.1, -0.05) is 34.1 Å². The first kappa shape index (κ1) is 12.5. The summed E-state index contributed by atoms with van der Waals surface area (Å²) in [7, 11) is 0. The van der Waals surface area contributed by atoms with Crippen LogP contribution in [-0.2, 0) is 4.79 Å². The molecule has 2 atom stereocenters. The maximum Gasteiger partial charge on any atom is 0.220 e. The molecular weight excluding hydrogens is 186 g/mol. The fourth-order valence-corrected chi connectivity index (χ4v) is 2.31. The summed E-state index contributed by atoms with van der Waals surface area (Å²) in [4.78, 5) is 11.7. The molecule has 1 aliphatic carbocycles. The summed E-state index contributed by atoms with van der Waals surface area (Å²) in [6, 6.07) is 0.427. The third kappa shape index (κ3) is 4.23. The molecule has 0 aromatic carbocycles. The van der Waals surface area contributed by atoms with Crippen molar-refractivity contribution in [2.24, 2.45) is 11.3 Å². The van der Waals surface area contributed by atoms with Crippen LogP contribution >= 0.6 is 0 Å². The predicted molar refractivity (Wildman–Crippen MR) is 63.6 cm³/mol. The molecule has 1 amide bonds. The molecule has 0 bridgehead atoms. The van der Waals surface area contributed by atoms with E-state index in [-0.39, 0.29) is 5.91 Å². The molecule has 88 valence electrons. The van der Waals surface area contributed by atoms with Crippen LogP contribution in [-0.4, -0.2) is 11.9 Å².